The largest absolute Gasteiger partial charge is 0.497 e. The molecule has 0 radical (unpaired) electrons. The minimum Gasteiger partial charge on any atom is -0.497 e. The lowest BCUT2D eigenvalue weighted by molar-refractivity contribution is -0.117. The van der Waals surface area contributed by atoms with Crippen molar-refractivity contribution >= 4 is 5.78 Å². The molecule has 2 heteroatoms. The van der Waals surface area contributed by atoms with Gasteiger partial charge in [0, 0.05) is 12.3 Å². The molecule has 0 bridgehead atoms. The van der Waals surface area contributed by atoms with Gasteiger partial charge in [-0.3, -0.25) is 4.79 Å². The van der Waals surface area contributed by atoms with Crippen molar-refractivity contribution in [1.82, 2.24) is 0 Å². The van der Waals surface area contributed by atoms with Crippen molar-refractivity contribution in [3.8, 4) is 5.75 Å². The number of Topliss-reactive ketones (excluding diaryl/α,β-unsaturated/α-hetero) is 1. The van der Waals surface area contributed by atoms with Gasteiger partial charge in [-0.05, 0) is 30.2 Å². The number of hydrogen-bond donors (Lipinski definition) is 0. The second kappa shape index (κ2) is 6.19. The fraction of sp³-hybridized carbons (Fsp3) is 0.235. The van der Waals surface area contributed by atoms with E-state index in [1.807, 2.05) is 42.5 Å². The highest BCUT2D eigenvalue weighted by Gasteiger charge is 2.16. The van der Waals surface area contributed by atoms with Crippen LogP contribution >= 0.6 is 0 Å². The molecule has 98 valence electrons. The molecular weight excluding hydrogens is 236 g/mol. The first-order chi connectivity index (χ1) is 9.20. The number of ether oxygens (including phenoxy) is 1. The van der Waals surface area contributed by atoms with E-state index in [4.69, 9.17) is 4.74 Å². The second-order valence-corrected chi connectivity index (χ2v) is 4.65. The van der Waals surface area contributed by atoms with Gasteiger partial charge in [-0.2, -0.15) is 0 Å². The average molecular weight is 254 g/mol. The minimum atomic E-state index is 0.0915. The summed E-state index contributed by atoms with van der Waals surface area (Å²) in [4.78, 5) is 11.5. The number of hydrogen-bond acceptors (Lipinski definition) is 2. The Morgan fingerprint density at radius 3 is 2.37 bits per heavy atom. The third-order valence-electron chi connectivity index (χ3n) is 3.19. The first-order valence-corrected chi connectivity index (χ1v) is 6.39. The summed E-state index contributed by atoms with van der Waals surface area (Å²) in [6, 6.07) is 18.0. The van der Waals surface area contributed by atoms with Gasteiger partial charge in [0.2, 0.25) is 0 Å². The van der Waals surface area contributed by atoms with E-state index in [0.29, 0.717) is 6.42 Å². The lowest BCUT2D eigenvalue weighted by atomic mass is 9.87. The molecule has 2 aromatic rings. The smallest absolute Gasteiger partial charge is 0.130 e. The molecule has 2 nitrogen and oxygen atoms in total. The molecule has 2 aromatic carbocycles. The van der Waals surface area contributed by atoms with Gasteiger partial charge < -0.3 is 4.74 Å². The number of methoxy groups -OCH3 is 1. The van der Waals surface area contributed by atoms with Crippen molar-refractivity contribution in [2.75, 3.05) is 7.11 Å². The SMILES string of the molecule is COc1cccc([C@@H](CC(C)=O)c2ccccc2)c1. The summed E-state index contributed by atoms with van der Waals surface area (Å²) in [5.74, 6) is 1.10. The number of rotatable bonds is 5. The van der Waals surface area contributed by atoms with Crippen LogP contribution in [0.25, 0.3) is 0 Å². The van der Waals surface area contributed by atoms with Crippen molar-refractivity contribution in [2.24, 2.45) is 0 Å². The average Bonchev–Trinajstić information content (AvgIpc) is 2.45. The molecule has 0 aliphatic heterocycles. The van der Waals surface area contributed by atoms with E-state index in [2.05, 4.69) is 12.1 Å². The molecule has 0 saturated heterocycles. The van der Waals surface area contributed by atoms with Crippen LogP contribution in [-0.4, -0.2) is 12.9 Å². The van der Waals surface area contributed by atoms with E-state index in [9.17, 15) is 4.79 Å². The maximum absolute atomic E-state index is 11.5. The Morgan fingerprint density at radius 2 is 1.74 bits per heavy atom. The fourth-order valence-electron chi connectivity index (χ4n) is 2.26. The lowest BCUT2D eigenvalue weighted by Crippen LogP contribution is -2.06. The molecule has 0 aliphatic rings. The zero-order valence-electron chi connectivity index (χ0n) is 11.3. The van der Waals surface area contributed by atoms with Crippen LogP contribution in [0.4, 0.5) is 0 Å². The summed E-state index contributed by atoms with van der Waals surface area (Å²) in [5.41, 5.74) is 2.27. The van der Waals surface area contributed by atoms with E-state index in [1.54, 1.807) is 14.0 Å². The van der Waals surface area contributed by atoms with Crippen LogP contribution in [0.1, 0.15) is 30.4 Å². The molecule has 1 atom stereocenters. The van der Waals surface area contributed by atoms with Gasteiger partial charge in [0.15, 0.2) is 0 Å². The summed E-state index contributed by atoms with van der Waals surface area (Å²) >= 11 is 0. The molecule has 0 unspecified atom stereocenters. The predicted molar refractivity (Wildman–Crippen MR) is 76.6 cm³/mol. The first kappa shape index (κ1) is 13.3. The van der Waals surface area contributed by atoms with Crippen LogP contribution in [0, 0.1) is 0 Å². The van der Waals surface area contributed by atoms with E-state index in [0.717, 1.165) is 16.9 Å². The van der Waals surface area contributed by atoms with Gasteiger partial charge in [0.1, 0.15) is 11.5 Å². The van der Waals surface area contributed by atoms with E-state index in [-0.39, 0.29) is 11.7 Å². The number of ketones is 1. The molecule has 0 saturated carbocycles. The number of carbonyl (C=O) groups excluding carboxylic acids is 1. The zero-order valence-corrected chi connectivity index (χ0v) is 11.3. The molecule has 0 heterocycles. The van der Waals surface area contributed by atoms with Crippen molar-refractivity contribution in [2.45, 2.75) is 19.3 Å². The second-order valence-electron chi connectivity index (χ2n) is 4.65. The molecule has 0 spiro atoms. The monoisotopic (exact) mass is 254 g/mol. The van der Waals surface area contributed by atoms with Crippen molar-refractivity contribution in [1.29, 1.82) is 0 Å². The predicted octanol–water partition coefficient (Wildman–Crippen LogP) is 3.81. The molecule has 19 heavy (non-hydrogen) atoms. The van der Waals surface area contributed by atoms with Gasteiger partial charge >= 0.3 is 0 Å². The molecule has 2 rings (SSSR count). The lowest BCUT2D eigenvalue weighted by Gasteiger charge is -2.17. The molecule has 0 amide bonds. The first-order valence-electron chi connectivity index (χ1n) is 6.39. The van der Waals surface area contributed by atoms with Gasteiger partial charge in [-0.15, -0.1) is 0 Å². The Balaban J connectivity index is 2.39. The zero-order chi connectivity index (χ0) is 13.7. The minimum absolute atomic E-state index is 0.0915. The quantitative estimate of drug-likeness (QED) is 0.811. The molecule has 0 aliphatic carbocycles. The maximum Gasteiger partial charge on any atom is 0.130 e. The molecular formula is C17H18O2. The van der Waals surface area contributed by atoms with Gasteiger partial charge in [-0.1, -0.05) is 42.5 Å². The Hall–Kier alpha value is -2.09. The molecule has 0 N–H and O–H groups in total. The topological polar surface area (TPSA) is 26.3 Å². The van der Waals surface area contributed by atoms with Crippen molar-refractivity contribution in [3.05, 3.63) is 65.7 Å². The highest BCUT2D eigenvalue weighted by molar-refractivity contribution is 5.77. The fourth-order valence-corrected chi connectivity index (χ4v) is 2.26. The Labute approximate surface area is 114 Å². The van der Waals surface area contributed by atoms with Crippen LogP contribution in [0.5, 0.6) is 5.75 Å². The molecule has 0 fully saturated rings. The van der Waals surface area contributed by atoms with E-state index >= 15 is 0 Å². The van der Waals surface area contributed by atoms with Crippen LogP contribution in [0.15, 0.2) is 54.6 Å². The van der Waals surface area contributed by atoms with Gasteiger partial charge in [-0.25, -0.2) is 0 Å². The third-order valence-corrected chi connectivity index (χ3v) is 3.19. The highest BCUT2D eigenvalue weighted by atomic mass is 16.5. The summed E-state index contributed by atoms with van der Waals surface area (Å²) in [7, 11) is 1.65. The Morgan fingerprint density at radius 1 is 1.05 bits per heavy atom. The third kappa shape index (κ3) is 3.44. The van der Waals surface area contributed by atoms with E-state index < -0.39 is 0 Å². The number of benzene rings is 2. The summed E-state index contributed by atoms with van der Waals surface area (Å²) in [6.07, 6.45) is 0.511. The van der Waals surface area contributed by atoms with Gasteiger partial charge in [0.05, 0.1) is 7.11 Å². The summed E-state index contributed by atoms with van der Waals surface area (Å²) in [5, 5.41) is 0. The van der Waals surface area contributed by atoms with Crippen LogP contribution in [0.3, 0.4) is 0 Å². The van der Waals surface area contributed by atoms with Gasteiger partial charge in [0.25, 0.3) is 0 Å². The summed E-state index contributed by atoms with van der Waals surface area (Å²) in [6.45, 7) is 1.64. The molecule has 0 aromatic heterocycles. The van der Waals surface area contributed by atoms with E-state index in [1.165, 1.54) is 0 Å². The van der Waals surface area contributed by atoms with Crippen LogP contribution in [0.2, 0.25) is 0 Å². The number of carbonyl (C=O) groups is 1. The Bertz CT molecular complexity index is 546. The van der Waals surface area contributed by atoms with Crippen molar-refractivity contribution in [3.63, 3.8) is 0 Å². The standard InChI is InChI=1S/C17H18O2/c1-13(18)11-17(14-7-4-3-5-8-14)15-9-6-10-16(12-15)19-2/h3-10,12,17H,11H2,1-2H3/t17-/m0/s1. The Kier molecular flexibility index (Phi) is 4.35. The normalized spacial score (nSPS) is 11.9. The highest BCUT2D eigenvalue weighted by Crippen LogP contribution is 2.30. The van der Waals surface area contributed by atoms with Crippen LogP contribution in [-0.2, 0) is 4.79 Å². The van der Waals surface area contributed by atoms with Crippen molar-refractivity contribution < 1.29 is 9.53 Å². The maximum atomic E-state index is 11.5. The summed E-state index contributed by atoms with van der Waals surface area (Å²) < 4.78 is 5.26. The van der Waals surface area contributed by atoms with Crippen LogP contribution < -0.4 is 4.74 Å².